The molecule has 5 heteroatoms. The van der Waals surface area contributed by atoms with Crippen LogP contribution in [0.15, 0.2) is 48.5 Å². The average molecular weight is 285 g/mol. The topological polar surface area (TPSA) is 66.8 Å². The fourth-order valence-corrected chi connectivity index (χ4v) is 1.95. The van der Waals surface area contributed by atoms with Gasteiger partial charge in [0.1, 0.15) is 5.75 Å². The lowest BCUT2D eigenvalue weighted by atomic mass is 10.1. The monoisotopic (exact) mass is 285 g/mol. The quantitative estimate of drug-likeness (QED) is 0.937. The molecular weight excluding hydrogens is 270 g/mol. The zero-order valence-corrected chi connectivity index (χ0v) is 11.7. The molecule has 0 saturated carbocycles. The molecule has 0 unspecified atom stereocenters. The van der Waals surface area contributed by atoms with Crippen molar-refractivity contribution in [2.45, 2.75) is 0 Å². The van der Waals surface area contributed by atoms with E-state index in [9.17, 15) is 9.59 Å². The highest BCUT2D eigenvalue weighted by Gasteiger charge is 2.17. The van der Waals surface area contributed by atoms with Crippen molar-refractivity contribution in [3.05, 3.63) is 59.7 Å². The van der Waals surface area contributed by atoms with Crippen molar-refractivity contribution in [3.8, 4) is 5.75 Å². The van der Waals surface area contributed by atoms with Gasteiger partial charge in [0.25, 0.3) is 5.91 Å². The van der Waals surface area contributed by atoms with E-state index >= 15 is 0 Å². The molecule has 0 bridgehead atoms. The van der Waals surface area contributed by atoms with Gasteiger partial charge < -0.3 is 14.7 Å². The van der Waals surface area contributed by atoms with Gasteiger partial charge in [-0.25, -0.2) is 4.79 Å². The highest BCUT2D eigenvalue weighted by atomic mass is 16.5. The lowest BCUT2D eigenvalue weighted by molar-refractivity contribution is 0.0696. The minimum Gasteiger partial charge on any atom is -0.496 e. The van der Waals surface area contributed by atoms with Crippen LogP contribution in [0.5, 0.6) is 5.75 Å². The van der Waals surface area contributed by atoms with Crippen LogP contribution < -0.4 is 9.64 Å². The van der Waals surface area contributed by atoms with Crippen LogP contribution in [0.4, 0.5) is 5.69 Å². The Morgan fingerprint density at radius 1 is 1.05 bits per heavy atom. The molecule has 2 aromatic carbocycles. The number of nitrogens with zero attached hydrogens (tertiary/aromatic N) is 1. The first-order valence-corrected chi connectivity index (χ1v) is 6.29. The molecule has 1 N–H and O–H groups in total. The van der Waals surface area contributed by atoms with Gasteiger partial charge in [0.15, 0.2) is 0 Å². The van der Waals surface area contributed by atoms with Gasteiger partial charge in [-0.3, -0.25) is 4.79 Å². The average Bonchev–Trinajstić information content (AvgIpc) is 2.53. The first kappa shape index (κ1) is 14.6. The minimum absolute atomic E-state index is 0.178. The van der Waals surface area contributed by atoms with Gasteiger partial charge >= 0.3 is 5.97 Å². The highest BCUT2D eigenvalue weighted by molar-refractivity contribution is 6.07. The van der Waals surface area contributed by atoms with Crippen LogP contribution in [0.2, 0.25) is 0 Å². The molecule has 0 aromatic heterocycles. The molecule has 0 atom stereocenters. The summed E-state index contributed by atoms with van der Waals surface area (Å²) < 4.78 is 5.18. The van der Waals surface area contributed by atoms with Gasteiger partial charge in [-0.05, 0) is 36.4 Å². The molecule has 0 aliphatic rings. The van der Waals surface area contributed by atoms with Crippen molar-refractivity contribution < 1.29 is 19.4 Å². The Labute approximate surface area is 122 Å². The van der Waals surface area contributed by atoms with E-state index in [4.69, 9.17) is 9.84 Å². The summed E-state index contributed by atoms with van der Waals surface area (Å²) in [5.41, 5.74) is 1.23. The van der Waals surface area contributed by atoms with E-state index in [1.165, 1.54) is 24.1 Å². The van der Waals surface area contributed by atoms with Crippen LogP contribution in [0.3, 0.4) is 0 Å². The number of carbonyl (C=O) groups excluding carboxylic acids is 1. The van der Waals surface area contributed by atoms with Crippen LogP contribution in [0, 0.1) is 0 Å². The zero-order valence-electron chi connectivity index (χ0n) is 11.7. The summed E-state index contributed by atoms with van der Waals surface area (Å²) in [6, 6.07) is 13.1. The molecule has 0 saturated heterocycles. The normalized spacial score (nSPS) is 10.0. The molecule has 21 heavy (non-hydrogen) atoms. The molecule has 0 spiro atoms. The Kier molecular flexibility index (Phi) is 4.23. The molecule has 2 aromatic rings. The second kappa shape index (κ2) is 6.09. The SMILES string of the molecule is COc1ccccc1C(=O)N(C)c1ccc(C(=O)O)cc1. The van der Waals surface area contributed by atoms with Crippen molar-refractivity contribution >= 4 is 17.6 Å². The number of aromatic carboxylic acids is 1. The predicted molar refractivity (Wildman–Crippen MR) is 79.1 cm³/mol. The first-order chi connectivity index (χ1) is 10.0. The van der Waals surface area contributed by atoms with E-state index in [0.717, 1.165) is 0 Å². The Morgan fingerprint density at radius 3 is 2.24 bits per heavy atom. The van der Waals surface area contributed by atoms with Crippen LogP contribution in [-0.2, 0) is 0 Å². The van der Waals surface area contributed by atoms with Gasteiger partial charge in [-0.15, -0.1) is 0 Å². The molecule has 0 heterocycles. The fraction of sp³-hybridized carbons (Fsp3) is 0.125. The third-order valence-corrected chi connectivity index (χ3v) is 3.14. The second-order valence-corrected chi connectivity index (χ2v) is 4.42. The van der Waals surface area contributed by atoms with Gasteiger partial charge in [0.2, 0.25) is 0 Å². The number of carboxylic acids is 1. The number of methoxy groups -OCH3 is 1. The van der Waals surface area contributed by atoms with Crippen LogP contribution in [0.1, 0.15) is 20.7 Å². The Hall–Kier alpha value is -2.82. The number of carboxylic acid groups (broad SMARTS) is 1. The van der Waals surface area contributed by atoms with E-state index in [-0.39, 0.29) is 11.5 Å². The number of anilines is 1. The molecule has 5 nitrogen and oxygen atoms in total. The fourth-order valence-electron chi connectivity index (χ4n) is 1.95. The number of rotatable bonds is 4. The summed E-state index contributed by atoms with van der Waals surface area (Å²) in [5, 5.41) is 8.87. The largest absolute Gasteiger partial charge is 0.496 e. The number of para-hydroxylation sites is 1. The maximum absolute atomic E-state index is 12.5. The van der Waals surface area contributed by atoms with Gasteiger partial charge in [0, 0.05) is 12.7 Å². The number of carbonyl (C=O) groups is 2. The molecular formula is C16H15NO4. The summed E-state index contributed by atoms with van der Waals surface area (Å²) in [6.45, 7) is 0. The van der Waals surface area contributed by atoms with Crippen LogP contribution in [-0.4, -0.2) is 31.1 Å². The van der Waals surface area contributed by atoms with Crippen molar-refractivity contribution in [1.29, 1.82) is 0 Å². The van der Waals surface area contributed by atoms with Crippen molar-refractivity contribution in [1.82, 2.24) is 0 Å². The lowest BCUT2D eigenvalue weighted by Gasteiger charge is -2.18. The summed E-state index contributed by atoms with van der Waals surface area (Å²) in [7, 11) is 3.14. The van der Waals surface area contributed by atoms with Gasteiger partial charge in [0.05, 0.1) is 18.2 Å². The maximum Gasteiger partial charge on any atom is 0.335 e. The lowest BCUT2D eigenvalue weighted by Crippen LogP contribution is -2.26. The van der Waals surface area contributed by atoms with E-state index in [1.807, 2.05) is 0 Å². The van der Waals surface area contributed by atoms with E-state index in [2.05, 4.69) is 0 Å². The number of hydrogen-bond donors (Lipinski definition) is 1. The summed E-state index contributed by atoms with van der Waals surface area (Å²) in [5.74, 6) is -0.729. The summed E-state index contributed by atoms with van der Waals surface area (Å²) >= 11 is 0. The molecule has 0 radical (unpaired) electrons. The maximum atomic E-state index is 12.5. The Bertz CT molecular complexity index is 664. The third-order valence-electron chi connectivity index (χ3n) is 3.14. The van der Waals surface area contributed by atoms with E-state index < -0.39 is 5.97 Å². The van der Waals surface area contributed by atoms with E-state index in [0.29, 0.717) is 17.0 Å². The smallest absolute Gasteiger partial charge is 0.335 e. The number of amides is 1. The zero-order chi connectivity index (χ0) is 15.4. The first-order valence-electron chi connectivity index (χ1n) is 6.29. The summed E-state index contributed by atoms with van der Waals surface area (Å²) in [6.07, 6.45) is 0. The Morgan fingerprint density at radius 2 is 1.67 bits per heavy atom. The molecule has 2 rings (SSSR count). The van der Waals surface area contributed by atoms with Crippen molar-refractivity contribution in [2.24, 2.45) is 0 Å². The second-order valence-electron chi connectivity index (χ2n) is 4.42. The van der Waals surface area contributed by atoms with E-state index in [1.54, 1.807) is 43.4 Å². The number of benzene rings is 2. The van der Waals surface area contributed by atoms with Crippen LogP contribution in [0.25, 0.3) is 0 Å². The molecule has 0 aliphatic heterocycles. The molecule has 0 aliphatic carbocycles. The molecule has 0 fully saturated rings. The molecule has 108 valence electrons. The Balaban J connectivity index is 2.28. The van der Waals surface area contributed by atoms with Gasteiger partial charge in [-0.1, -0.05) is 12.1 Å². The number of ether oxygens (including phenoxy) is 1. The van der Waals surface area contributed by atoms with Gasteiger partial charge in [-0.2, -0.15) is 0 Å². The minimum atomic E-state index is -1.000. The standard InChI is InChI=1S/C16H15NO4/c1-17(12-9-7-11(8-10-12)16(19)20)15(18)13-5-3-4-6-14(13)21-2/h3-10H,1-2H3,(H,19,20). The number of hydrogen-bond acceptors (Lipinski definition) is 3. The third kappa shape index (κ3) is 3.02. The van der Waals surface area contributed by atoms with Crippen molar-refractivity contribution in [3.63, 3.8) is 0 Å². The van der Waals surface area contributed by atoms with Crippen molar-refractivity contribution in [2.75, 3.05) is 19.1 Å². The summed E-state index contributed by atoms with van der Waals surface area (Å²) in [4.78, 5) is 24.7. The molecule has 1 amide bonds. The van der Waals surface area contributed by atoms with Crippen LogP contribution >= 0.6 is 0 Å². The highest BCUT2D eigenvalue weighted by Crippen LogP contribution is 2.22. The predicted octanol–water partition coefficient (Wildman–Crippen LogP) is 2.67.